The van der Waals surface area contributed by atoms with Gasteiger partial charge in [-0.15, -0.1) is 0 Å². The molecule has 4 rings (SSSR count). The summed E-state index contributed by atoms with van der Waals surface area (Å²) in [6, 6.07) is 11.2. The van der Waals surface area contributed by atoms with Crippen LogP contribution in [0.3, 0.4) is 0 Å². The summed E-state index contributed by atoms with van der Waals surface area (Å²) >= 11 is 0. The van der Waals surface area contributed by atoms with E-state index in [1.54, 1.807) is 42.2 Å². The number of aromatic nitrogens is 2. The zero-order chi connectivity index (χ0) is 30.9. The number of ether oxygens (including phenoxy) is 1. The number of carboxylic acid groups (broad SMARTS) is 1. The third kappa shape index (κ3) is 7.56. The van der Waals surface area contributed by atoms with E-state index in [1.807, 2.05) is 18.7 Å². The number of anilines is 3. The number of hydrogen-bond acceptors (Lipinski definition) is 8. The number of aliphatic carboxylic acids is 1. The van der Waals surface area contributed by atoms with Gasteiger partial charge in [0.2, 0.25) is 5.95 Å². The summed E-state index contributed by atoms with van der Waals surface area (Å²) < 4.78 is 20.0. The molecule has 12 heteroatoms. The summed E-state index contributed by atoms with van der Waals surface area (Å²) in [5, 5.41) is 13.2. The summed E-state index contributed by atoms with van der Waals surface area (Å²) in [7, 11) is 0. The lowest BCUT2D eigenvalue weighted by Crippen LogP contribution is -2.36. The van der Waals surface area contributed by atoms with E-state index in [2.05, 4.69) is 15.3 Å². The maximum absolute atomic E-state index is 14.5. The van der Waals surface area contributed by atoms with E-state index in [4.69, 9.17) is 4.74 Å². The SMILES string of the molecule is CCN(CC)c1ncc(N(CC)C(=O)c2ccccc2F)c(N[C@@H](Cc2ccc(OC(=O)N3CCCC3)cc2)C(=O)O)n1. The number of carboxylic acids is 1. The molecule has 2 N–H and O–H groups in total. The van der Waals surface area contributed by atoms with Gasteiger partial charge in [0.25, 0.3) is 5.91 Å². The van der Waals surface area contributed by atoms with Gasteiger partial charge in [0.05, 0.1) is 11.8 Å². The zero-order valence-electron chi connectivity index (χ0n) is 24.6. The van der Waals surface area contributed by atoms with Gasteiger partial charge in [-0.05, 0) is 63.4 Å². The average Bonchev–Trinajstić information content (AvgIpc) is 3.55. The van der Waals surface area contributed by atoms with Crippen LogP contribution >= 0.6 is 0 Å². The van der Waals surface area contributed by atoms with Gasteiger partial charge < -0.3 is 29.9 Å². The molecule has 0 saturated carbocycles. The first kappa shape index (κ1) is 31.2. The maximum atomic E-state index is 14.5. The quantitative estimate of drug-likeness (QED) is 0.304. The number of benzene rings is 2. The number of nitrogens with one attached hydrogen (secondary N) is 1. The Morgan fingerprint density at radius 3 is 2.30 bits per heavy atom. The summed E-state index contributed by atoms with van der Waals surface area (Å²) in [5.41, 5.74) is 0.778. The van der Waals surface area contributed by atoms with Crippen molar-refractivity contribution in [1.82, 2.24) is 14.9 Å². The molecule has 0 radical (unpaired) electrons. The van der Waals surface area contributed by atoms with Gasteiger partial charge in [0.15, 0.2) is 5.82 Å². The molecule has 2 amide bonds. The summed E-state index contributed by atoms with van der Waals surface area (Å²) in [4.78, 5) is 52.1. The first-order valence-corrected chi connectivity index (χ1v) is 14.5. The minimum Gasteiger partial charge on any atom is -0.480 e. The van der Waals surface area contributed by atoms with E-state index in [9.17, 15) is 23.9 Å². The molecule has 3 aromatic rings. The summed E-state index contributed by atoms with van der Waals surface area (Å²) in [6.45, 7) is 8.34. The lowest BCUT2D eigenvalue weighted by Gasteiger charge is -2.27. The highest BCUT2D eigenvalue weighted by Crippen LogP contribution is 2.29. The fourth-order valence-corrected chi connectivity index (χ4v) is 4.89. The molecule has 0 bridgehead atoms. The Bertz CT molecular complexity index is 1430. The van der Waals surface area contributed by atoms with Crippen molar-refractivity contribution in [1.29, 1.82) is 0 Å². The predicted octanol–water partition coefficient (Wildman–Crippen LogP) is 4.83. The van der Waals surface area contributed by atoms with Crippen molar-refractivity contribution in [2.45, 2.75) is 46.1 Å². The molecular weight excluding hydrogens is 555 g/mol. The Morgan fingerprint density at radius 2 is 1.70 bits per heavy atom. The molecular formula is C31H37FN6O5. The van der Waals surface area contributed by atoms with E-state index < -0.39 is 29.8 Å². The number of carbonyl (C=O) groups excluding carboxylic acids is 2. The second-order valence-corrected chi connectivity index (χ2v) is 10.1. The molecule has 1 aliphatic rings. The number of carbonyl (C=O) groups is 3. The van der Waals surface area contributed by atoms with Gasteiger partial charge in [-0.1, -0.05) is 24.3 Å². The van der Waals surface area contributed by atoms with Crippen LogP contribution in [0.5, 0.6) is 5.75 Å². The van der Waals surface area contributed by atoms with Crippen LogP contribution in [0.2, 0.25) is 0 Å². The normalized spacial score (nSPS) is 13.3. The molecule has 0 spiro atoms. The minimum atomic E-state index is -1.14. The van der Waals surface area contributed by atoms with Crippen molar-refractivity contribution in [3.05, 3.63) is 71.7 Å². The van der Waals surface area contributed by atoms with Crippen molar-refractivity contribution < 1.29 is 28.6 Å². The van der Waals surface area contributed by atoms with E-state index in [-0.39, 0.29) is 30.0 Å². The number of halogens is 1. The molecule has 1 saturated heterocycles. The largest absolute Gasteiger partial charge is 0.480 e. The van der Waals surface area contributed by atoms with Crippen molar-refractivity contribution in [3.8, 4) is 5.75 Å². The van der Waals surface area contributed by atoms with Gasteiger partial charge in [-0.2, -0.15) is 4.98 Å². The summed E-state index contributed by atoms with van der Waals surface area (Å²) in [5.74, 6) is -1.55. The second-order valence-electron chi connectivity index (χ2n) is 10.1. The van der Waals surface area contributed by atoms with Crippen molar-refractivity contribution in [2.75, 3.05) is 47.8 Å². The van der Waals surface area contributed by atoms with E-state index >= 15 is 0 Å². The van der Waals surface area contributed by atoms with E-state index in [0.717, 1.165) is 12.8 Å². The molecule has 1 atom stereocenters. The second kappa shape index (κ2) is 14.4. The standard InChI is InChI=1S/C31H37FN6O5/c1-4-36(5-2)30-33-20-26(38(6-3)28(39)23-11-7-8-12-24(23)32)27(35-30)34-25(29(40)41)19-21-13-15-22(16-14-21)43-31(42)37-17-9-10-18-37/h7-8,11-16,20,25H,4-6,9-10,17-19H2,1-3H3,(H,40,41)(H,33,34,35)/t25-/m0/s1. The van der Waals surface area contributed by atoms with Crippen molar-refractivity contribution >= 4 is 35.4 Å². The molecule has 0 aliphatic carbocycles. The fourth-order valence-electron chi connectivity index (χ4n) is 4.89. The van der Waals surface area contributed by atoms with Crippen LogP contribution in [0, 0.1) is 5.82 Å². The average molecular weight is 593 g/mol. The third-order valence-electron chi connectivity index (χ3n) is 7.30. The maximum Gasteiger partial charge on any atom is 0.415 e. The van der Waals surface area contributed by atoms with Crippen molar-refractivity contribution in [2.24, 2.45) is 0 Å². The predicted molar refractivity (Wildman–Crippen MR) is 161 cm³/mol. The van der Waals surface area contributed by atoms with Crippen LogP contribution in [0.25, 0.3) is 0 Å². The molecule has 43 heavy (non-hydrogen) atoms. The molecule has 1 aromatic heterocycles. The van der Waals surface area contributed by atoms with Crippen LogP contribution in [0.15, 0.2) is 54.7 Å². The Labute approximate surface area is 250 Å². The summed E-state index contributed by atoms with van der Waals surface area (Å²) in [6.07, 6.45) is 3.02. The fraction of sp³-hybridized carbons (Fsp3) is 0.387. The first-order chi connectivity index (χ1) is 20.7. The number of amides is 2. The first-order valence-electron chi connectivity index (χ1n) is 14.5. The molecule has 1 aliphatic heterocycles. The third-order valence-corrected chi connectivity index (χ3v) is 7.30. The highest BCUT2D eigenvalue weighted by Gasteiger charge is 2.27. The monoisotopic (exact) mass is 592 g/mol. The topological polar surface area (TPSA) is 128 Å². The van der Waals surface area contributed by atoms with Gasteiger partial charge in [-0.3, -0.25) is 4.79 Å². The number of likely N-dealkylation sites (tertiary alicyclic amines) is 1. The molecule has 2 heterocycles. The molecule has 0 unspecified atom stereocenters. The van der Waals surface area contributed by atoms with Gasteiger partial charge in [0.1, 0.15) is 23.3 Å². The lowest BCUT2D eigenvalue weighted by atomic mass is 10.1. The molecule has 2 aromatic carbocycles. The van der Waals surface area contributed by atoms with Crippen LogP contribution < -0.4 is 19.9 Å². The Kier molecular flexibility index (Phi) is 10.5. The van der Waals surface area contributed by atoms with Gasteiger partial charge >= 0.3 is 12.1 Å². The Hall–Kier alpha value is -4.74. The number of hydrogen-bond donors (Lipinski definition) is 2. The zero-order valence-corrected chi connectivity index (χ0v) is 24.6. The van der Waals surface area contributed by atoms with Crippen molar-refractivity contribution in [3.63, 3.8) is 0 Å². The minimum absolute atomic E-state index is 0.0626. The van der Waals surface area contributed by atoms with Gasteiger partial charge in [-0.25, -0.2) is 19.0 Å². The number of rotatable bonds is 12. The van der Waals surface area contributed by atoms with E-state index in [1.165, 1.54) is 29.3 Å². The smallest absolute Gasteiger partial charge is 0.415 e. The van der Waals surface area contributed by atoms with Crippen LogP contribution in [0.4, 0.5) is 26.6 Å². The van der Waals surface area contributed by atoms with Crippen LogP contribution in [-0.4, -0.2) is 76.7 Å². The molecule has 11 nitrogen and oxygen atoms in total. The molecule has 228 valence electrons. The Morgan fingerprint density at radius 1 is 1.02 bits per heavy atom. The highest BCUT2D eigenvalue weighted by atomic mass is 19.1. The number of nitrogens with zero attached hydrogens (tertiary/aromatic N) is 5. The Balaban J connectivity index is 1.60. The molecule has 1 fully saturated rings. The van der Waals surface area contributed by atoms with Crippen LogP contribution in [-0.2, 0) is 11.2 Å². The lowest BCUT2D eigenvalue weighted by molar-refractivity contribution is -0.137. The van der Waals surface area contributed by atoms with E-state index in [0.29, 0.717) is 43.4 Å². The highest BCUT2D eigenvalue weighted by molar-refractivity contribution is 6.07. The van der Waals surface area contributed by atoms with Gasteiger partial charge in [0, 0.05) is 39.1 Å². The van der Waals surface area contributed by atoms with Crippen LogP contribution in [0.1, 0.15) is 49.5 Å².